The number of carbonyl (C=O) groups excluding carboxylic acids is 2. The van der Waals surface area contributed by atoms with Gasteiger partial charge in [0.1, 0.15) is 18.4 Å². The molecule has 42 heavy (non-hydrogen) atoms. The van der Waals surface area contributed by atoms with E-state index in [4.69, 9.17) is 23.2 Å². The van der Waals surface area contributed by atoms with Crippen molar-refractivity contribution >= 4 is 50.7 Å². The van der Waals surface area contributed by atoms with Gasteiger partial charge in [-0.05, 0) is 61.2 Å². The number of sulfonamides is 1. The Morgan fingerprint density at radius 3 is 2.29 bits per heavy atom. The lowest BCUT2D eigenvalue weighted by Gasteiger charge is -2.34. The van der Waals surface area contributed by atoms with Crippen LogP contribution in [-0.2, 0) is 26.2 Å². The number of anilines is 1. The Morgan fingerprint density at radius 1 is 0.976 bits per heavy atom. The number of rotatable bonds is 11. The van der Waals surface area contributed by atoms with Gasteiger partial charge in [-0.2, -0.15) is 0 Å². The van der Waals surface area contributed by atoms with Crippen LogP contribution in [0.15, 0.2) is 77.7 Å². The zero-order valence-electron chi connectivity index (χ0n) is 23.3. The van der Waals surface area contributed by atoms with Crippen LogP contribution >= 0.6 is 23.2 Å². The Kier molecular flexibility index (Phi) is 10.9. The van der Waals surface area contributed by atoms with Crippen LogP contribution in [0.2, 0.25) is 10.0 Å². The van der Waals surface area contributed by atoms with Gasteiger partial charge in [0.2, 0.25) is 11.8 Å². The van der Waals surface area contributed by atoms with Gasteiger partial charge in [0.15, 0.2) is 0 Å². The van der Waals surface area contributed by atoms with Crippen molar-refractivity contribution in [3.8, 4) is 0 Å². The van der Waals surface area contributed by atoms with Crippen LogP contribution in [0, 0.1) is 5.82 Å². The van der Waals surface area contributed by atoms with Gasteiger partial charge in [-0.3, -0.25) is 13.9 Å². The minimum absolute atomic E-state index is 0.00439. The largest absolute Gasteiger partial charge is 0.352 e. The number of halogens is 3. The van der Waals surface area contributed by atoms with Gasteiger partial charge in [0.05, 0.1) is 10.6 Å². The minimum Gasteiger partial charge on any atom is -0.352 e. The topological polar surface area (TPSA) is 86.8 Å². The summed E-state index contributed by atoms with van der Waals surface area (Å²) in [6.45, 7) is 0.961. The van der Waals surface area contributed by atoms with E-state index >= 15 is 4.39 Å². The second-order valence-corrected chi connectivity index (χ2v) is 13.0. The molecule has 0 bridgehead atoms. The number of hydrogen-bond donors (Lipinski definition) is 1. The molecule has 1 N–H and O–H groups in total. The molecule has 0 saturated heterocycles. The molecule has 3 aromatic rings. The molecule has 7 nitrogen and oxygen atoms in total. The lowest BCUT2D eigenvalue weighted by molar-refractivity contribution is -0.140. The molecule has 11 heteroatoms. The third-order valence-corrected chi connectivity index (χ3v) is 9.79. The molecule has 0 spiro atoms. The molecule has 0 radical (unpaired) electrons. The molecule has 2 amide bonds. The van der Waals surface area contributed by atoms with Crippen molar-refractivity contribution in [3.63, 3.8) is 0 Å². The predicted molar refractivity (Wildman–Crippen MR) is 163 cm³/mol. The van der Waals surface area contributed by atoms with Crippen LogP contribution in [0.4, 0.5) is 10.1 Å². The van der Waals surface area contributed by atoms with Gasteiger partial charge >= 0.3 is 0 Å². The second kappa shape index (κ2) is 14.4. The van der Waals surface area contributed by atoms with E-state index in [2.05, 4.69) is 5.32 Å². The van der Waals surface area contributed by atoms with E-state index in [0.29, 0.717) is 15.6 Å². The summed E-state index contributed by atoms with van der Waals surface area (Å²) < 4.78 is 43.4. The first-order chi connectivity index (χ1) is 20.1. The number of hydrogen-bond acceptors (Lipinski definition) is 4. The Hall–Kier alpha value is -3.14. The maximum atomic E-state index is 15.1. The predicted octanol–water partition coefficient (Wildman–Crippen LogP) is 6.58. The summed E-state index contributed by atoms with van der Waals surface area (Å²) in [6.07, 6.45) is 5.12. The Morgan fingerprint density at radius 2 is 1.64 bits per heavy atom. The third kappa shape index (κ3) is 7.62. The molecule has 0 unspecified atom stereocenters. The van der Waals surface area contributed by atoms with Crippen molar-refractivity contribution in [2.24, 2.45) is 0 Å². The van der Waals surface area contributed by atoms with Gasteiger partial charge in [0, 0.05) is 22.6 Å². The zero-order valence-corrected chi connectivity index (χ0v) is 25.6. The fourth-order valence-corrected chi connectivity index (χ4v) is 7.10. The van der Waals surface area contributed by atoms with Crippen molar-refractivity contribution in [1.82, 2.24) is 10.2 Å². The maximum absolute atomic E-state index is 15.1. The number of amides is 2. The normalized spacial score (nSPS) is 14.7. The molecule has 1 aliphatic rings. The third-order valence-electron chi connectivity index (χ3n) is 7.42. The summed E-state index contributed by atoms with van der Waals surface area (Å²) in [5.74, 6) is -1.82. The second-order valence-electron chi connectivity index (χ2n) is 10.3. The van der Waals surface area contributed by atoms with E-state index < -0.39 is 34.3 Å². The van der Waals surface area contributed by atoms with Crippen molar-refractivity contribution < 1.29 is 22.4 Å². The molecule has 1 atom stereocenters. The van der Waals surface area contributed by atoms with Gasteiger partial charge in [-0.15, -0.1) is 0 Å². The highest BCUT2D eigenvalue weighted by Gasteiger charge is 2.35. The molecule has 1 fully saturated rings. The smallest absolute Gasteiger partial charge is 0.264 e. The number of nitrogens with zero attached hydrogens (tertiary/aromatic N) is 2. The summed E-state index contributed by atoms with van der Waals surface area (Å²) in [4.78, 5) is 29.0. The van der Waals surface area contributed by atoms with E-state index in [1.54, 1.807) is 37.3 Å². The van der Waals surface area contributed by atoms with Crippen molar-refractivity contribution in [2.45, 2.75) is 69.0 Å². The number of carbonyl (C=O) groups is 2. The maximum Gasteiger partial charge on any atom is 0.264 e. The summed E-state index contributed by atoms with van der Waals surface area (Å²) >= 11 is 12.5. The standard InChI is InChI=1S/C31H34Cl2FN3O4S/c1-2-28(31(39)35-24-11-5-3-6-12-24)36(20-22-17-18-23(32)19-26(22)33)30(38)21-37(29-16-10-9-15-27(29)34)42(40,41)25-13-7-4-8-14-25/h4,7-10,13-19,24,28H,2-3,5-6,11-12,20-21H2,1H3,(H,35,39)/t28-/m1/s1. The summed E-state index contributed by atoms with van der Waals surface area (Å²) in [5, 5.41) is 3.79. The molecule has 0 aromatic heterocycles. The van der Waals surface area contributed by atoms with E-state index in [1.165, 1.54) is 41.3 Å². The van der Waals surface area contributed by atoms with Crippen LogP contribution in [-0.4, -0.2) is 43.8 Å². The Bertz CT molecular complexity index is 1500. The highest BCUT2D eigenvalue weighted by Crippen LogP contribution is 2.28. The lowest BCUT2D eigenvalue weighted by atomic mass is 9.95. The van der Waals surface area contributed by atoms with E-state index in [0.717, 1.165) is 42.5 Å². The lowest BCUT2D eigenvalue weighted by Crippen LogP contribution is -2.54. The van der Waals surface area contributed by atoms with Crippen LogP contribution in [0.3, 0.4) is 0 Å². The van der Waals surface area contributed by atoms with E-state index in [9.17, 15) is 18.0 Å². The van der Waals surface area contributed by atoms with E-state index in [-0.39, 0.29) is 35.5 Å². The van der Waals surface area contributed by atoms with Crippen molar-refractivity contribution in [2.75, 3.05) is 10.8 Å². The molecular weight excluding hydrogens is 600 g/mol. The van der Waals surface area contributed by atoms with Gasteiger partial charge in [-0.25, -0.2) is 12.8 Å². The van der Waals surface area contributed by atoms with Gasteiger partial charge in [0.25, 0.3) is 10.0 Å². The average molecular weight is 635 g/mol. The molecule has 224 valence electrons. The fraction of sp³-hybridized carbons (Fsp3) is 0.355. The SMILES string of the molecule is CC[C@H](C(=O)NC1CCCCC1)N(Cc1ccc(Cl)cc1Cl)C(=O)CN(c1ccccc1F)S(=O)(=O)c1ccccc1. The summed E-state index contributed by atoms with van der Waals surface area (Å²) in [6, 6.07) is 16.8. The highest BCUT2D eigenvalue weighted by molar-refractivity contribution is 7.92. The summed E-state index contributed by atoms with van der Waals surface area (Å²) in [5.41, 5.74) is 0.251. The quantitative estimate of drug-likeness (QED) is 0.258. The molecule has 4 rings (SSSR count). The first-order valence-corrected chi connectivity index (χ1v) is 16.2. The number of para-hydroxylation sites is 1. The van der Waals surface area contributed by atoms with Crippen molar-refractivity contribution in [3.05, 3.63) is 94.2 Å². The minimum atomic E-state index is -4.37. The van der Waals surface area contributed by atoms with Crippen LogP contribution in [0.5, 0.6) is 0 Å². The first-order valence-electron chi connectivity index (χ1n) is 14.0. The molecule has 1 saturated carbocycles. The summed E-state index contributed by atoms with van der Waals surface area (Å²) in [7, 11) is -4.37. The first kappa shape index (κ1) is 31.8. The number of benzene rings is 3. The fourth-order valence-electron chi connectivity index (χ4n) is 5.18. The van der Waals surface area contributed by atoms with Crippen LogP contribution < -0.4 is 9.62 Å². The zero-order chi connectivity index (χ0) is 30.3. The molecular formula is C31H34Cl2FN3O4S. The van der Waals surface area contributed by atoms with Crippen molar-refractivity contribution in [1.29, 1.82) is 0 Å². The Balaban J connectivity index is 1.72. The molecule has 0 aliphatic heterocycles. The molecule has 1 aliphatic carbocycles. The van der Waals surface area contributed by atoms with E-state index in [1.807, 2.05) is 0 Å². The Labute approximate surface area is 256 Å². The van der Waals surface area contributed by atoms with Crippen LogP contribution in [0.25, 0.3) is 0 Å². The monoisotopic (exact) mass is 633 g/mol. The van der Waals surface area contributed by atoms with Gasteiger partial charge in [-0.1, -0.05) is 85.8 Å². The van der Waals surface area contributed by atoms with Gasteiger partial charge < -0.3 is 10.2 Å². The molecule has 0 heterocycles. The molecule has 3 aromatic carbocycles. The average Bonchev–Trinajstić information content (AvgIpc) is 2.98. The highest BCUT2D eigenvalue weighted by atomic mass is 35.5. The number of nitrogens with one attached hydrogen (secondary N) is 1. The van der Waals surface area contributed by atoms with Crippen LogP contribution in [0.1, 0.15) is 51.0 Å².